The average molecular weight is 704 g/mol. The van der Waals surface area contributed by atoms with Gasteiger partial charge in [0.25, 0.3) is 6.33 Å². The van der Waals surface area contributed by atoms with Gasteiger partial charge in [-0.1, -0.05) is 95.2 Å². The van der Waals surface area contributed by atoms with Gasteiger partial charge in [0, 0.05) is 41.6 Å². The molecular weight excluding hydrogens is 651 g/mol. The molecular formula is C47H53N5O. The van der Waals surface area contributed by atoms with Crippen LogP contribution in [-0.2, 0) is 21.7 Å². The highest BCUT2D eigenvalue weighted by molar-refractivity contribution is 6.09. The predicted octanol–water partition coefficient (Wildman–Crippen LogP) is 11.4. The van der Waals surface area contributed by atoms with Crippen LogP contribution in [0.25, 0.3) is 39.0 Å². The van der Waals surface area contributed by atoms with Crippen molar-refractivity contribution in [3.05, 3.63) is 132 Å². The molecule has 3 aromatic carbocycles. The largest absolute Gasteiger partial charge is 0.456 e. The molecule has 53 heavy (non-hydrogen) atoms. The van der Waals surface area contributed by atoms with Gasteiger partial charge in [0.1, 0.15) is 17.3 Å². The highest BCUT2D eigenvalue weighted by Gasteiger charge is 2.23. The molecule has 4 heterocycles. The molecule has 0 aliphatic carbocycles. The summed E-state index contributed by atoms with van der Waals surface area (Å²) in [6.45, 7) is 27.0. The topological polar surface area (TPSA) is 48.8 Å². The first kappa shape index (κ1) is 36.1. The lowest BCUT2D eigenvalue weighted by Crippen LogP contribution is -2.30. The highest BCUT2D eigenvalue weighted by Crippen LogP contribution is 2.38. The number of hydrogen-bond acceptors (Lipinski definition) is 3. The maximum Gasteiger partial charge on any atom is 0.268 e. The Morgan fingerprint density at radius 3 is 1.91 bits per heavy atom. The molecule has 0 N–H and O–H groups in total. The summed E-state index contributed by atoms with van der Waals surface area (Å²) in [7, 11) is 0. The fourth-order valence-corrected chi connectivity index (χ4v) is 6.74. The summed E-state index contributed by atoms with van der Waals surface area (Å²) in [5.41, 5.74) is 9.29. The fourth-order valence-electron chi connectivity index (χ4n) is 6.74. The number of imidazole rings is 1. The molecule has 7 rings (SSSR count). The molecule has 0 aliphatic heterocycles. The number of ether oxygens (including phenoxy) is 1. The Bertz CT molecular complexity index is 2440. The van der Waals surface area contributed by atoms with Crippen LogP contribution in [0.4, 0.5) is 0 Å². The molecule has 0 saturated heterocycles. The molecule has 0 bridgehead atoms. The van der Waals surface area contributed by atoms with E-state index in [0.717, 1.165) is 39.4 Å². The monoisotopic (exact) mass is 703 g/mol. The Morgan fingerprint density at radius 1 is 0.585 bits per heavy atom. The molecule has 0 amide bonds. The van der Waals surface area contributed by atoms with E-state index in [0.29, 0.717) is 5.75 Å². The Morgan fingerprint density at radius 2 is 1.25 bits per heavy atom. The minimum atomic E-state index is -0.00953. The zero-order valence-electron chi connectivity index (χ0n) is 33.5. The van der Waals surface area contributed by atoms with Gasteiger partial charge in [0.05, 0.1) is 28.6 Å². The number of aromatic nitrogens is 5. The minimum absolute atomic E-state index is 0.00953. The normalized spacial score (nSPS) is 12.9. The number of rotatable bonds is 5. The predicted molar refractivity (Wildman–Crippen MR) is 217 cm³/mol. The number of hydrogen-bond donors (Lipinski definition) is 0. The molecule has 0 atom stereocenters. The molecule has 7 aromatic rings. The Labute approximate surface area is 315 Å². The smallest absolute Gasteiger partial charge is 0.268 e. The lowest BCUT2D eigenvalue weighted by Gasteiger charge is -2.26. The van der Waals surface area contributed by atoms with Crippen LogP contribution in [0.2, 0.25) is 0 Å². The molecule has 272 valence electrons. The zero-order valence-corrected chi connectivity index (χ0v) is 33.5. The number of benzene rings is 3. The van der Waals surface area contributed by atoms with Crippen molar-refractivity contribution in [3.63, 3.8) is 0 Å². The van der Waals surface area contributed by atoms with Crippen molar-refractivity contribution in [2.24, 2.45) is 0 Å². The van der Waals surface area contributed by atoms with Crippen molar-refractivity contribution in [2.75, 3.05) is 0 Å². The third kappa shape index (κ3) is 7.24. The molecule has 0 fully saturated rings. The Balaban J connectivity index is 1.27. The van der Waals surface area contributed by atoms with E-state index in [2.05, 4.69) is 164 Å². The summed E-state index contributed by atoms with van der Waals surface area (Å²) < 4.78 is 12.8. The number of nitrogens with zero attached hydrogens (tertiary/aromatic N) is 5. The van der Waals surface area contributed by atoms with E-state index in [1.54, 1.807) is 6.20 Å². The summed E-state index contributed by atoms with van der Waals surface area (Å²) in [6, 6.07) is 26.3. The van der Waals surface area contributed by atoms with Crippen LogP contribution in [0.1, 0.15) is 105 Å². The van der Waals surface area contributed by atoms with Crippen LogP contribution < -0.4 is 9.30 Å². The van der Waals surface area contributed by atoms with E-state index in [1.807, 2.05) is 41.5 Å². The standard InChI is InChI=1S/C47H53N5O/c1-44(2,3)31-13-16-41-40(24-31)39-15-14-37(27-42(39)52(41)43-25-32(17-18-49-43)45(4,5)6)53-38-26-36(28-48-29-38)51-20-19-50(30-51)35-22-33(46(7,8)9)21-34(23-35)47(10,11)12/h13-29H,1-12H3. The third-order valence-corrected chi connectivity index (χ3v) is 10.2. The van der Waals surface area contributed by atoms with E-state index in [9.17, 15) is 0 Å². The van der Waals surface area contributed by atoms with Gasteiger partial charge in [0.2, 0.25) is 0 Å². The average Bonchev–Trinajstić information content (AvgIpc) is 3.70. The van der Waals surface area contributed by atoms with E-state index in [1.165, 1.54) is 27.6 Å². The number of pyridine rings is 2. The lowest BCUT2D eigenvalue weighted by molar-refractivity contribution is -0.599. The van der Waals surface area contributed by atoms with Crippen molar-refractivity contribution in [2.45, 2.75) is 105 Å². The zero-order chi connectivity index (χ0) is 38.1. The van der Waals surface area contributed by atoms with Gasteiger partial charge in [-0.25, -0.2) is 4.98 Å². The van der Waals surface area contributed by atoms with Crippen LogP contribution >= 0.6 is 0 Å². The fraction of sp³-hybridized carbons (Fsp3) is 0.340. The Kier molecular flexibility index (Phi) is 8.67. The van der Waals surface area contributed by atoms with E-state index < -0.39 is 0 Å². The van der Waals surface area contributed by atoms with Gasteiger partial charge in [-0.2, -0.15) is 0 Å². The molecule has 0 unspecified atom stereocenters. The molecule has 0 aliphatic rings. The van der Waals surface area contributed by atoms with Crippen LogP contribution in [0, 0.1) is 6.33 Å². The second kappa shape index (κ2) is 12.7. The first-order valence-corrected chi connectivity index (χ1v) is 18.6. The third-order valence-electron chi connectivity index (χ3n) is 10.2. The SMILES string of the molecule is CC(C)(C)c1cc(-[n+]2[c-]n(-c3cncc(Oc4ccc5c6cc(C(C)(C)C)ccc6n(-c6cc(C(C)(C)C)ccn6)c5c4)c3)cc2)cc(C(C)(C)C)c1. The van der Waals surface area contributed by atoms with Crippen LogP contribution in [-0.4, -0.2) is 19.1 Å². The van der Waals surface area contributed by atoms with Gasteiger partial charge in [-0.15, -0.1) is 0 Å². The molecule has 4 aromatic heterocycles. The molecule has 0 radical (unpaired) electrons. The van der Waals surface area contributed by atoms with Gasteiger partial charge < -0.3 is 4.74 Å². The second-order valence-electron chi connectivity index (χ2n) is 18.5. The second-order valence-corrected chi connectivity index (χ2v) is 18.5. The van der Waals surface area contributed by atoms with E-state index >= 15 is 0 Å². The van der Waals surface area contributed by atoms with Crippen molar-refractivity contribution in [1.82, 2.24) is 19.1 Å². The maximum absolute atomic E-state index is 6.56. The maximum atomic E-state index is 6.56. The van der Waals surface area contributed by atoms with Gasteiger partial charge in [0.15, 0.2) is 0 Å². The Hall–Kier alpha value is -5.23. The van der Waals surface area contributed by atoms with Crippen LogP contribution in [0.5, 0.6) is 11.5 Å². The van der Waals surface area contributed by atoms with Crippen LogP contribution in [0.3, 0.4) is 0 Å². The highest BCUT2D eigenvalue weighted by atomic mass is 16.5. The molecule has 6 nitrogen and oxygen atoms in total. The molecule has 6 heteroatoms. The van der Waals surface area contributed by atoms with Crippen molar-refractivity contribution >= 4 is 21.8 Å². The quantitative estimate of drug-likeness (QED) is 0.132. The van der Waals surface area contributed by atoms with Gasteiger partial charge in [-0.3, -0.25) is 18.7 Å². The number of fused-ring (bicyclic) bond motifs is 3. The molecule has 0 spiro atoms. The summed E-state index contributed by atoms with van der Waals surface area (Å²) in [4.78, 5) is 9.46. The lowest BCUT2D eigenvalue weighted by atomic mass is 9.80. The molecule has 0 saturated carbocycles. The summed E-state index contributed by atoms with van der Waals surface area (Å²) >= 11 is 0. The minimum Gasteiger partial charge on any atom is -0.456 e. The van der Waals surface area contributed by atoms with Crippen molar-refractivity contribution < 1.29 is 9.30 Å². The van der Waals surface area contributed by atoms with Gasteiger partial charge in [-0.05, 0) is 98.5 Å². The van der Waals surface area contributed by atoms with E-state index in [-0.39, 0.29) is 21.7 Å². The van der Waals surface area contributed by atoms with Crippen molar-refractivity contribution in [1.29, 1.82) is 0 Å². The van der Waals surface area contributed by atoms with Gasteiger partial charge >= 0.3 is 0 Å². The van der Waals surface area contributed by atoms with Crippen LogP contribution in [0.15, 0.2) is 104 Å². The first-order valence-electron chi connectivity index (χ1n) is 18.6. The van der Waals surface area contributed by atoms with E-state index in [4.69, 9.17) is 9.72 Å². The summed E-state index contributed by atoms with van der Waals surface area (Å²) in [5.74, 6) is 2.26. The van der Waals surface area contributed by atoms with Crippen molar-refractivity contribution in [3.8, 4) is 28.7 Å². The summed E-state index contributed by atoms with van der Waals surface area (Å²) in [6.07, 6.45) is 13.1. The first-order chi connectivity index (χ1) is 24.8. The summed E-state index contributed by atoms with van der Waals surface area (Å²) in [5, 5.41) is 2.36.